The van der Waals surface area contributed by atoms with Crippen molar-refractivity contribution in [3.8, 4) is 0 Å². The Balaban J connectivity index is 1.99. The summed E-state index contributed by atoms with van der Waals surface area (Å²) in [4.78, 5) is 11.7. The number of hydrogen-bond donors (Lipinski definition) is 5. The average molecular weight is 389 g/mol. The van der Waals surface area contributed by atoms with Gasteiger partial charge in [-0.15, -0.1) is 0 Å². The molecule has 27 heavy (non-hydrogen) atoms. The number of nitrogens with zero attached hydrogens (tertiary/aromatic N) is 1. The van der Waals surface area contributed by atoms with Crippen molar-refractivity contribution < 1.29 is 9.53 Å². The van der Waals surface area contributed by atoms with Gasteiger partial charge in [0.25, 0.3) is 0 Å². The van der Waals surface area contributed by atoms with Crippen molar-refractivity contribution in [3.05, 3.63) is 70.9 Å². The second kappa shape index (κ2) is 9.58. The van der Waals surface area contributed by atoms with Crippen LogP contribution >= 0.6 is 11.6 Å². The Morgan fingerprint density at radius 1 is 1.30 bits per heavy atom. The van der Waals surface area contributed by atoms with Gasteiger partial charge in [-0.1, -0.05) is 23.7 Å². The zero-order chi connectivity index (χ0) is 19.8. The highest BCUT2D eigenvalue weighted by molar-refractivity contribution is 6.30. The highest BCUT2D eigenvalue weighted by Gasteiger charge is 2.16. The lowest BCUT2D eigenvalue weighted by Crippen LogP contribution is -2.48. The first-order valence-electron chi connectivity index (χ1n) is 7.96. The van der Waals surface area contributed by atoms with Crippen LogP contribution in [0.1, 0.15) is 11.1 Å². The van der Waals surface area contributed by atoms with Crippen LogP contribution in [0, 0.1) is 12.3 Å². The number of anilines is 2. The van der Waals surface area contributed by atoms with E-state index in [0.29, 0.717) is 16.3 Å². The average Bonchev–Trinajstić information content (AvgIpc) is 2.67. The minimum Gasteiger partial charge on any atom is -0.473 e. The van der Waals surface area contributed by atoms with Crippen LogP contribution < -0.4 is 27.4 Å². The molecule has 8 nitrogen and oxygen atoms in total. The van der Waals surface area contributed by atoms with Gasteiger partial charge in [-0.05, 0) is 42.8 Å². The number of rotatable bonds is 6. The summed E-state index contributed by atoms with van der Waals surface area (Å²) in [6, 6.07) is 11.8. The summed E-state index contributed by atoms with van der Waals surface area (Å²) in [5.41, 5.74) is 4.78. The Bertz CT molecular complexity index is 838. The van der Waals surface area contributed by atoms with Crippen LogP contribution in [-0.2, 0) is 11.3 Å². The third-order valence-electron chi connectivity index (χ3n) is 3.69. The maximum absolute atomic E-state index is 11.7. The summed E-state index contributed by atoms with van der Waals surface area (Å²) in [6.45, 7) is 1.93. The molecule has 7 N–H and O–H groups in total. The number of urea groups is 1. The van der Waals surface area contributed by atoms with Gasteiger partial charge in [0.2, 0.25) is 5.90 Å². The standard InChI is InChI=1S/C18H21ClN6O2/c1-12-3-2-4-16(25(22)18(26)24-21)15(12)11-27-17(20)9-10-23-14-7-5-13(19)6-8-14/h2-10,20,23H,11,21-22H2,1H3,(H,24,26)/b10-9-,20-17?. The van der Waals surface area contributed by atoms with Crippen molar-refractivity contribution >= 4 is 34.9 Å². The van der Waals surface area contributed by atoms with Crippen molar-refractivity contribution in [2.45, 2.75) is 13.5 Å². The van der Waals surface area contributed by atoms with Gasteiger partial charge in [-0.2, -0.15) is 0 Å². The lowest BCUT2D eigenvalue weighted by Gasteiger charge is -2.20. The fraction of sp³-hybridized carbons (Fsp3) is 0.111. The monoisotopic (exact) mass is 388 g/mol. The Labute approximate surface area is 162 Å². The molecule has 9 heteroatoms. The van der Waals surface area contributed by atoms with Crippen LogP contribution in [0.15, 0.2) is 54.7 Å². The molecule has 0 atom stereocenters. The molecule has 2 amide bonds. The molecule has 142 valence electrons. The van der Waals surface area contributed by atoms with Gasteiger partial charge >= 0.3 is 6.03 Å². The summed E-state index contributed by atoms with van der Waals surface area (Å²) in [6.07, 6.45) is 3.06. The van der Waals surface area contributed by atoms with E-state index < -0.39 is 6.03 Å². The molecule has 0 heterocycles. The number of ether oxygens (including phenoxy) is 1. The predicted octanol–water partition coefficient (Wildman–Crippen LogP) is 3.03. The number of hydrazine groups is 2. The van der Waals surface area contributed by atoms with Gasteiger partial charge in [-0.3, -0.25) is 10.8 Å². The van der Waals surface area contributed by atoms with E-state index in [1.807, 2.05) is 30.5 Å². The van der Waals surface area contributed by atoms with Crippen molar-refractivity contribution in [2.75, 3.05) is 10.3 Å². The summed E-state index contributed by atoms with van der Waals surface area (Å²) in [5.74, 6) is 10.8. The Morgan fingerprint density at radius 3 is 2.67 bits per heavy atom. The van der Waals surface area contributed by atoms with E-state index in [2.05, 4.69) is 5.32 Å². The molecule has 0 aliphatic rings. The smallest absolute Gasteiger partial charge is 0.350 e. The highest BCUT2D eigenvalue weighted by atomic mass is 35.5. The second-order valence-corrected chi connectivity index (χ2v) is 5.97. The van der Waals surface area contributed by atoms with Gasteiger partial charge in [0.15, 0.2) is 0 Å². The Morgan fingerprint density at radius 2 is 2.00 bits per heavy atom. The fourth-order valence-corrected chi connectivity index (χ4v) is 2.36. The van der Waals surface area contributed by atoms with Gasteiger partial charge in [0.1, 0.15) is 6.61 Å². The Kier molecular flexibility index (Phi) is 7.18. The first-order valence-corrected chi connectivity index (χ1v) is 8.34. The topological polar surface area (TPSA) is 129 Å². The normalized spacial score (nSPS) is 10.5. The second-order valence-electron chi connectivity index (χ2n) is 5.53. The van der Waals surface area contributed by atoms with E-state index in [1.54, 1.807) is 30.5 Å². The minimum atomic E-state index is -0.663. The minimum absolute atomic E-state index is 0.0579. The highest BCUT2D eigenvalue weighted by Crippen LogP contribution is 2.23. The van der Waals surface area contributed by atoms with Gasteiger partial charge in [-0.25, -0.2) is 21.5 Å². The zero-order valence-electron chi connectivity index (χ0n) is 14.7. The maximum atomic E-state index is 11.7. The molecular weight excluding hydrogens is 368 g/mol. The fourth-order valence-electron chi connectivity index (χ4n) is 2.24. The van der Waals surface area contributed by atoms with Crippen molar-refractivity contribution in [1.29, 1.82) is 5.41 Å². The lowest BCUT2D eigenvalue weighted by atomic mass is 10.1. The maximum Gasteiger partial charge on any atom is 0.350 e. The molecule has 2 aromatic rings. The van der Waals surface area contributed by atoms with E-state index in [-0.39, 0.29) is 12.5 Å². The summed E-state index contributed by atoms with van der Waals surface area (Å²) < 4.78 is 5.46. The summed E-state index contributed by atoms with van der Waals surface area (Å²) >= 11 is 5.83. The van der Waals surface area contributed by atoms with Gasteiger partial charge in [0, 0.05) is 28.5 Å². The predicted molar refractivity (Wildman–Crippen MR) is 107 cm³/mol. The van der Waals surface area contributed by atoms with E-state index in [4.69, 9.17) is 33.4 Å². The molecule has 0 aliphatic carbocycles. The van der Waals surface area contributed by atoms with E-state index in [1.165, 1.54) is 6.08 Å². The molecular formula is C18H21ClN6O2. The van der Waals surface area contributed by atoms with Crippen LogP contribution in [0.2, 0.25) is 5.02 Å². The molecule has 2 rings (SSSR count). The molecule has 0 aliphatic heterocycles. The van der Waals surface area contributed by atoms with Gasteiger partial charge < -0.3 is 10.1 Å². The first-order chi connectivity index (χ1) is 12.9. The number of benzene rings is 2. The number of halogens is 1. The van der Waals surface area contributed by atoms with Crippen LogP contribution in [0.4, 0.5) is 16.2 Å². The molecule has 0 saturated carbocycles. The molecule has 0 fully saturated rings. The molecule has 0 spiro atoms. The molecule has 0 bridgehead atoms. The Hall–Kier alpha value is -3.07. The van der Waals surface area contributed by atoms with Gasteiger partial charge in [0.05, 0.1) is 5.69 Å². The first kappa shape index (κ1) is 20.2. The van der Waals surface area contributed by atoms with Crippen molar-refractivity contribution in [1.82, 2.24) is 5.43 Å². The molecule has 0 unspecified atom stereocenters. The number of aryl methyl sites for hydroxylation is 1. The van der Waals surface area contributed by atoms with E-state index in [9.17, 15) is 4.79 Å². The van der Waals surface area contributed by atoms with E-state index >= 15 is 0 Å². The van der Waals surface area contributed by atoms with Crippen LogP contribution in [0.25, 0.3) is 0 Å². The van der Waals surface area contributed by atoms with Crippen LogP contribution in [-0.4, -0.2) is 11.9 Å². The van der Waals surface area contributed by atoms with Crippen molar-refractivity contribution in [2.24, 2.45) is 11.7 Å². The SMILES string of the molecule is Cc1cccc(N(N)C(=O)NN)c1COC(=N)/C=C\Nc1ccc(Cl)cc1. The number of nitrogens with two attached hydrogens (primary N) is 2. The lowest BCUT2D eigenvalue weighted by molar-refractivity contribution is 0.246. The quantitative estimate of drug-likeness (QED) is 0.171. The third kappa shape index (κ3) is 5.71. The van der Waals surface area contributed by atoms with E-state index in [0.717, 1.165) is 16.3 Å². The van der Waals surface area contributed by atoms with Crippen molar-refractivity contribution in [3.63, 3.8) is 0 Å². The largest absolute Gasteiger partial charge is 0.473 e. The van der Waals surface area contributed by atoms with Crippen LogP contribution in [0.5, 0.6) is 0 Å². The zero-order valence-corrected chi connectivity index (χ0v) is 15.5. The summed E-state index contributed by atoms with van der Waals surface area (Å²) in [7, 11) is 0. The van der Waals surface area contributed by atoms with Crippen LogP contribution in [0.3, 0.4) is 0 Å². The molecule has 0 aromatic heterocycles. The number of amides is 2. The molecule has 0 saturated heterocycles. The third-order valence-corrected chi connectivity index (χ3v) is 3.94. The molecule has 0 radical (unpaired) electrons. The molecule has 2 aromatic carbocycles. The summed E-state index contributed by atoms with van der Waals surface area (Å²) in [5, 5.41) is 12.4. The number of nitrogens with one attached hydrogen (secondary N) is 3. The number of hydrogen-bond acceptors (Lipinski definition) is 6. The number of carbonyl (C=O) groups excluding carboxylic acids is 1. The number of carbonyl (C=O) groups is 1.